The maximum Gasteiger partial charge on any atom is 0.251 e. The summed E-state index contributed by atoms with van der Waals surface area (Å²) in [7, 11) is 1.61. The molecular formula is C23H29NO5. The van der Waals surface area contributed by atoms with Crippen LogP contribution in [0.5, 0.6) is 17.2 Å². The van der Waals surface area contributed by atoms with Crippen molar-refractivity contribution >= 4 is 5.91 Å². The van der Waals surface area contributed by atoms with E-state index in [1.165, 1.54) is 0 Å². The van der Waals surface area contributed by atoms with E-state index in [0.29, 0.717) is 36.8 Å². The number of carbonyl (C=O) groups is 1. The molecule has 0 bridgehead atoms. The second-order valence-corrected chi connectivity index (χ2v) is 6.99. The Kier molecular flexibility index (Phi) is 7.76. The first-order valence-electron chi connectivity index (χ1n) is 10.1. The van der Waals surface area contributed by atoms with Crippen molar-refractivity contribution < 1.29 is 23.7 Å². The Morgan fingerprint density at radius 2 is 1.97 bits per heavy atom. The van der Waals surface area contributed by atoms with Gasteiger partial charge in [0.05, 0.1) is 19.8 Å². The van der Waals surface area contributed by atoms with Gasteiger partial charge in [0.2, 0.25) is 0 Å². The number of amides is 1. The zero-order valence-corrected chi connectivity index (χ0v) is 17.1. The van der Waals surface area contributed by atoms with Crippen LogP contribution in [0, 0.1) is 0 Å². The van der Waals surface area contributed by atoms with Crippen LogP contribution in [-0.2, 0) is 11.3 Å². The van der Waals surface area contributed by atoms with Gasteiger partial charge in [-0.15, -0.1) is 0 Å². The molecule has 0 aromatic heterocycles. The van der Waals surface area contributed by atoms with Gasteiger partial charge >= 0.3 is 0 Å². The van der Waals surface area contributed by atoms with Gasteiger partial charge in [0.15, 0.2) is 11.5 Å². The highest BCUT2D eigenvalue weighted by Crippen LogP contribution is 2.28. The SMILES string of the molecule is CCCOc1ccc(CNC(=O)c2ccc(OCC3CCCO3)cc2)cc1OC. The van der Waals surface area contributed by atoms with Crippen LogP contribution in [0.1, 0.15) is 42.1 Å². The average molecular weight is 399 g/mol. The molecule has 6 heteroatoms. The van der Waals surface area contributed by atoms with Gasteiger partial charge in [-0.05, 0) is 61.2 Å². The van der Waals surface area contributed by atoms with E-state index in [-0.39, 0.29) is 12.0 Å². The van der Waals surface area contributed by atoms with Crippen molar-refractivity contribution in [3.05, 3.63) is 53.6 Å². The highest BCUT2D eigenvalue weighted by Gasteiger charge is 2.16. The number of hydrogen-bond acceptors (Lipinski definition) is 5. The van der Waals surface area contributed by atoms with E-state index in [0.717, 1.165) is 37.2 Å². The number of rotatable bonds is 10. The summed E-state index contributed by atoms with van der Waals surface area (Å²) in [6.45, 7) is 4.46. The van der Waals surface area contributed by atoms with E-state index < -0.39 is 0 Å². The zero-order valence-electron chi connectivity index (χ0n) is 17.1. The maximum absolute atomic E-state index is 12.4. The Balaban J connectivity index is 1.50. The minimum atomic E-state index is -0.138. The van der Waals surface area contributed by atoms with Crippen molar-refractivity contribution in [3.63, 3.8) is 0 Å². The first-order chi connectivity index (χ1) is 14.2. The minimum Gasteiger partial charge on any atom is -0.493 e. The lowest BCUT2D eigenvalue weighted by Gasteiger charge is -2.13. The van der Waals surface area contributed by atoms with Gasteiger partial charge in [-0.3, -0.25) is 4.79 Å². The third kappa shape index (κ3) is 6.12. The van der Waals surface area contributed by atoms with Gasteiger partial charge in [-0.25, -0.2) is 0 Å². The fourth-order valence-corrected chi connectivity index (χ4v) is 3.11. The lowest BCUT2D eigenvalue weighted by Crippen LogP contribution is -2.22. The summed E-state index contributed by atoms with van der Waals surface area (Å²) in [6, 6.07) is 12.8. The molecule has 2 aromatic carbocycles. The molecule has 1 amide bonds. The topological polar surface area (TPSA) is 66.0 Å². The predicted octanol–water partition coefficient (Wildman–Crippen LogP) is 3.97. The normalized spacial score (nSPS) is 15.7. The second-order valence-electron chi connectivity index (χ2n) is 6.99. The van der Waals surface area contributed by atoms with Gasteiger partial charge in [0.25, 0.3) is 5.91 Å². The summed E-state index contributed by atoms with van der Waals surface area (Å²) in [6.07, 6.45) is 3.23. The molecule has 1 heterocycles. The van der Waals surface area contributed by atoms with Crippen LogP contribution in [0.3, 0.4) is 0 Å². The van der Waals surface area contributed by atoms with Gasteiger partial charge in [-0.1, -0.05) is 13.0 Å². The Labute approximate surface area is 172 Å². The van der Waals surface area contributed by atoms with Crippen LogP contribution in [0.4, 0.5) is 0 Å². The number of methoxy groups -OCH3 is 1. The first-order valence-corrected chi connectivity index (χ1v) is 10.1. The van der Waals surface area contributed by atoms with Crippen molar-refractivity contribution in [2.24, 2.45) is 0 Å². The fourth-order valence-electron chi connectivity index (χ4n) is 3.11. The highest BCUT2D eigenvalue weighted by molar-refractivity contribution is 5.94. The number of nitrogens with one attached hydrogen (secondary N) is 1. The Morgan fingerprint density at radius 1 is 1.14 bits per heavy atom. The number of benzene rings is 2. The van der Waals surface area contributed by atoms with Crippen molar-refractivity contribution in [2.75, 3.05) is 26.9 Å². The highest BCUT2D eigenvalue weighted by atomic mass is 16.5. The lowest BCUT2D eigenvalue weighted by molar-refractivity contribution is 0.0679. The van der Waals surface area contributed by atoms with Crippen LogP contribution in [-0.4, -0.2) is 38.9 Å². The van der Waals surface area contributed by atoms with Gasteiger partial charge in [-0.2, -0.15) is 0 Å². The van der Waals surface area contributed by atoms with Crippen LogP contribution < -0.4 is 19.5 Å². The smallest absolute Gasteiger partial charge is 0.251 e. The molecular weight excluding hydrogens is 370 g/mol. The molecule has 3 rings (SSSR count). The van der Waals surface area contributed by atoms with Crippen molar-refractivity contribution in [1.29, 1.82) is 0 Å². The molecule has 1 saturated heterocycles. The summed E-state index contributed by atoms with van der Waals surface area (Å²) in [5, 5.41) is 2.93. The van der Waals surface area contributed by atoms with Gasteiger partial charge in [0, 0.05) is 18.7 Å². The van der Waals surface area contributed by atoms with Crippen LogP contribution in [0.2, 0.25) is 0 Å². The van der Waals surface area contributed by atoms with E-state index in [2.05, 4.69) is 12.2 Å². The first kappa shape index (κ1) is 21.0. The quantitative estimate of drug-likeness (QED) is 0.655. The average Bonchev–Trinajstić information content (AvgIpc) is 3.29. The van der Waals surface area contributed by atoms with Crippen molar-refractivity contribution in [1.82, 2.24) is 5.32 Å². The van der Waals surface area contributed by atoms with E-state index in [1.54, 1.807) is 19.2 Å². The Hall–Kier alpha value is -2.73. The minimum absolute atomic E-state index is 0.138. The summed E-state index contributed by atoms with van der Waals surface area (Å²) in [4.78, 5) is 12.4. The summed E-state index contributed by atoms with van der Waals surface area (Å²) in [5.74, 6) is 1.98. The second kappa shape index (κ2) is 10.7. The molecule has 156 valence electrons. The third-order valence-corrected chi connectivity index (χ3v) is 4.72. The molecule has 1 fully saturated rings. The number of ether oxygens (including phenoxy) is 4. The van der Waals surface area contributed by atoms with Crippen LogP contribution in [0.25, 0.3) is 0 Å². The fraction of sp³-hybridized carbons (Fsp3) is 0.435. The largest absolute Gasteiger partial charge is 0.493 e. The predicted molar refractivity (Wildman–Crippen MR) is 111 cm³/mol. The molecule has 29 heavy (non-hydrogen) atoms. The van der Waals surface area contributed by atoms with Crippen LogP contribution in [0.15, 0.2) is 42.5 Å². The Morgan fingerprint density at radius 3 is 2.66 bits per heavy atom. The molecule has 1 aliphatic rings. The number of hydrogen-bond donors (Lipinski definition) is 1. The van der Waals surface area contributed by atoms with Gasteiger partial charge in [0.1, 0.15) is 12.4 Å². The molecule has 1 atom stereocenters. The molecule has 0 radical (unpaired) electrons. The molecule has 0 saturated carbocycles. The van der Waals surface area contributed by atoms with Crippen molar-refractivity contribution in [3.8, 4) is 17.2 Å². The molecule has 0 spiro atoms. The molecule has 1 N–H and O–H groups in total. The molecule has 6 nitrogen and oxygen atoms in total. The van der Waals surface area contributed by atoms with E-state index in [1.807, 2.05) is 30.3 Å². The summed E-state index contributed by atoms with van der Waals surface area (Å²) >= 11 is 0. The standard InChI is InChI=1S/C23H29NO5/c1-3-12-28-21-11-6-17(14-22(21)26-2)15-24-23(25)18-7-9-19(10-8-18)29-16-20-5-4-13-27-20/h6-11,14,20H,3-5,12-13,15-16H2,1-2H3,(H,24,25). The van der Waals surface area contributed by atoms with E-state index >= 15 is 0 Å². The van der Waals surface area contributed by atoms with E-state index in [4.69, 9.17) is 18.9 Å². The number of carbonyl (C=O) groups excluding carboxylic acids is 1. The summed E-state index contributed by atoms with van der Waals surface area (Å²) in [5.41, 5.74) is 1.53. The summed E-state index contributed by atoms with van der Waals surface area (Å²) < 4.78 is 22.3. The monoisotopic (exact) mass is 399 g/mol. The lowest BCUT2D eigenvalue weighted by atomic mass is 10.1. The molecule has 2 aromatic rings. The Bertz CT molecular complexity index is 784. The zero-order chi connectivity index (χ0) is 20.5. The van der Waals surface area contributed by atoms with Crippen molar-refractivity contribution in [2.45, 2.75) is 38.8 Å². The third-order valence-electron chi connectivity index (χ3n) is 4.72. The molecule has 1 aliphatic heterocycles. The van der Waals surface area contributed by atoms with Gasteiger partial charge < -0.3 is 24.3 Å². The van der Waals surface area contributed by atoms with Crippen LogP contribution >= 0.6 is 0 Å². The maximum atomic E-state index is 12.4. The molecule has 1 unspecified atom stereocenters. The van der Waals surface area contributed by atoms with E-state index in [9.17, 15) is 4.79 Å². The molecule has 0 aliphatic carbocycles.